The van der Waals surface area contributed by atoms with E-state index < -0.39 is 0 Å². The number of hydrogen-bond donors (Lipinski definition) is 1. The van der Waals surface area contributed by atoms with Gasteiger partial charge in [-0.15, -0.1) is 0 Å². The summed E-state index contributed by atoms with van der Waals surface area (Å²) in [5.41, 5.74) is 3.70. The van der Waals surface area contributed by atoms with E-state index in [2.05, 4.69) is 36.1 Å². The van der Waals surface area contributed by atoms with Crippen LogP contribution in [0.15, 0.2) is 0 Å². The lowest BCUT2D eigenvalue weighted by molar-refractivity contribution is 0.607. The summed E-state index contributed by atoms with van der Waals surface area (Å²) in [7, 11) is 0. The Morgan fingerprint density at radius 3 is 2.50 bits per heavy atom. The molecule has 0 aromatic carbocycles. The average molecular weight is 221 g/mol. The monoisotopic (exact) mass is 221 g/mol. The second-order valence-electron chi connectivity index (χ2n) is 4.17. The Bertz CT molecular complexity index is 345. The van der Waals surface area contributed by atoms with E-state index in [1.807, 2.05) is 13.8 Å². The van der Waals surface area contributed by atoms with Crippen molar-refractivity contribution < 1.29 is 0 Å². The molecule has 0 atom stereocenters. The first kappa shape index (κ1) is 13.1. The number of fused-ring (bicyclic) bond motifs is 1. The molecule has 0 aliphatic carbocycles. The normalized spacial score (nSPS) is 14.1. The van der Waals surface area contributed by atoms with E-state index in [0.717, 1.165) is 31.0 Å². The Kier molecular flexibility index (Phi) is 4.87. The number of aryl methyl sites for hydroxylation is 1. The van der Waals surface area contributed by atoms with E-state index >= 15 is 0 Å². The topological polar surface area (TPSA) is 37.8 Å². The third kappa shape index (κ3) is 2.79. The van der Waals surface area contributed by atoms with E-state index in [9.17, 15) is 0 Å². The SMILES string of the molecule is CC.Cc1nc(C(C)C)nc2c1CNCC2. The second-order valence-corrected chi connectivity index (χ2v) is 4.17. The molecule has 0 amide bonds. The highest BCUT2D eigenvalue weighted by Crippen LogP contribution is 2.18. The first-order valence-electron chi connectivity index (χ1n) is 6.25. The first-order chi connectivity index (χ1) is 7.68. The van der Waals surface area contributed by atoms with Crippen molar-refractivity contribution in [2.24, 2.45) is 0 Å². The maximum Gasteiger partial charge on any atom is 0.131 e. The molecule has 1 aliphatic heterocycles. The molecule has 16 heavy (non-hydrogen) atoms. The van der Waals surface area contributed by atoms with Gasteiger partial charge in [-0.05, 0) is 6.92 Å². The molecule has 1 N–H and O–H groups in total. The molecule has 3 heteroatoms. The zero-order chi connectivity index (χ0) is 12.1. The Morgan fingerprint density at radius 1 is 1.19 bits per heavy atom. The molecule has 0 radical (unpaired) electrons. The van der Waals surface area contributed by atoms with E-state index in [0.29, 0.717) is 5.92 Å². The maximum atomic E-state index is 4.62. The molecule has 90 valence electrons. The predicted octanol–water partition coefficient (Wildman–Crippen LogP) is 2.58. The number of aromatic nitrogens is 2. The molecule has 0 fully saturated rings. The highest BCUT2D eigenvalue weighted by atomic mass is 14.9. The van der Waals surface area contributed by atoms with Crippen molar-refractivity contribution in [1.29, 1.82) is 0 Å². The standard InChI is InChI=1S/C11H17N3.C2H6/c1-7(2)11-13-8(3)9-6-12-5-4-10(9)14-11;1-2/h7,12H,4-6H2,1-3H3;1-2H3. The Labute approximate surface area is 98.7 Å². The molecule has 3 nitrogen and oxygen atoms in total. The van der Waals surface area contributed by atoms with Crippen molar-refractivity contribution in [1.82, 2.24) is 15.3 Å². The van der Waals surface area contributed by atoms with Crippen LogP contribution in [0.25, 0.3) is 0 Å². The van der Waals surface area contributed by atoms with Gasteiger partial charge in [0.15, 0.2) is 0 Å². The van der Waals surface area contributed by atoms with Crippen LogP contribution >= 0.6 is 0 Å². The van der Waals surface area contributed by atoms with E-state index in [1.54, 1.807) is 0 Å². The fourth-order valence-corrected chi connectivity index (χ4v) is 1.79. The summed E-state index contributed by atoms with van der Waals surface area (Å²) in [5.74, 6) is 1.41. The summed E-state index contributed by atoms with van der Waals surface area (Å²) in [4.78, 5) is 9.16. The molecular weight excluding hydrogens is 198 g/mol. The van der Waals surface area contributed by atoms with Crippen LogP contribution in [0.4, 0.5) is 0 Å². The minimum absolute atomic E-state index is 0.425. The molecule has 2 heterocycles. The van der Waals surface area contributed by atoms with Gasteiger partial charge in [0.25, 0.3) is 0 Å². The third-order valence-corrected chi connectivity index (χ3v) is 2.67. The minimum atomic E-state index is 0.425. The summed E-state index contributed by atoms with van der Waals surface area (Å²) < 4.78 is 0. The van der Waals surface area contributed by atoms with Crippen molar-refractivity contribution in [3.8, 4) is 0 Å². The van der Waals surface area contributed by atoms with Gasteiger partial charge < -0.3 is 5.32 Å². The summed E-state index contributed by atoms with van der Waals surface area (Å²) >= 11 is 0. The van der Waals surface area contributed by atoms with Crippen LogP contribution in [0.5, 0.6) is 0 Å². The van der Waals surface area contributed by atoms with Gasteiger partial charge in [-0.2, -0.15) is 0 Å². The van der Waals surface area contributed by atoms with Gasteiger partial charge in [-0.25, -0.2) is 9.97 Å². The average Bonchev–Trinajstić information content (AvgIpc) is 2.31. The Hall–Kier alpha value is -0.960. The van der Waals surface area contributed by atoms with Crippen molar-refractivity contribution in [2.45, 2.75) is 53.5 Å². The molecule has 0 saturated carbocycles. The van der Waals surface area contributed by atoms with Crippen molar-refractivity contribution in [3.63, 3.8) is 0 Å². The lowest BCUT2D eigenvalue weighted by Crippen LogP contribution is -2.26. The highest BCUT2D eigenvalue weighted by Gasteiger charge is 2.15. The molecule has 1 aliphatic rings. The lowest BCUT2D eigenvalue weighted by atomic mass is 10.0. The number of nitrogens with one attached hydrogen (secondary N) is 1. The van der Waals surface area contributed by atoms with E-state index in [1.165, 1.54) is 11.3 Å². The van der Waals surface area contributed by atoms with Crippen molar-refractivity contribution >= 4 is 0 Å². The highest BCUT2D eigenvalue weighted by molar-refractivity contribution is 5.27. The van der Waals surface area contributed by atoms with Crippen molar-refractivity contribution in [2.75, 3.05) is 6.54 Å². The molecule has 0 unspecified atom stereocenters. The molecule has 2 rings (SSSR count). The lowest BCUT2D eigenvalue weighted by Gasteiger charge is -2.19. The van der Waals surface area contributed by atoms with Crippen LogP contribution in [-0.2, 0) is 13.0 Å². The third-order valence-electron chi connectivity index (χ3n) is 2.67. The predicted molar refractivity (Wildman–Crippen MR) is 67.6 cm³/mol. The Morgan fingerprint density at radius 2 is 1.88 bits per heavy atom. The summed E-state index contributed by atoms with van der Waals surface area (Å²) in [6, 6.07) is 0. The van der Waals surface area contributed by atoms with Crippen molar-refractivity contribution in [3.05, 3.63) is 22.8 Å². The fourth-order valence-electron chi connectivity index (χ4n) is 1.79. The molecule has 0 saturated heterocycles. The minimum Gasteiger partial charge on any atom is -0.312 e. The summed E-state index contributed by atoms with van der Waals surface area (Å²) in [6.07, 6.45) is 1.04. The zero-order valence-corrected chi connectivity index (χ0v) is 11.1. The van der Waals surface area contributed by atoms with Gasteiger partial charge in [0.2, 0.25) is 0 Å². The van der Waals surface area contributed by atoms with E-state index in [4.69, 9.17) is 0 Å². The molecule has 0 bridgehead atoms. The second kappa shape index (κ2) is 5.94. The maximum absolute atomic E-state index is 4.62. The number of hydrogen-bond acceptors (Lipinski definition) is 3. The van der Waals surface area contributed by atoms with Crippen LogP contribution in [0.1, 0.15) is 56.4 Å². The quantitative estimate of drug-likeness (QED) is 0.792. The molecule has 0 spiro atoms. The van der Waals surface area contributed by atoms with Gasteiger partial charge >= 0.3 is 0 Å². The fraction of sp³-hybridized carbons (Fsp3) is 0.692. The van der Waals surface area contributed by atoms with Gasteiger partial charge in [0.05, 0.1) is 5.69 Å². The van der Waals surface area contributed by atoms with E-state index in [-0.39, 0.29) is 0 Å². The van der Waals surface area contributed by atoms with Crippen LogP contribution in [-0.4, -0.2) is 16.5 Å². The van der Waals surface area contributed by atoms with Gasteiger partial charge in [0, 0.05) is 36.7 Å². The summed E-state index contributed by atoms with van der Waals surface area (Å²) in [5, 5.41) is 3.35. The molecule has 1 aromatic heterocycles. The number of rotatable bonds is 1. The van der Waals surface area contributed by atoms with Crippen LogP contribution in [0.2, 0.25) is 0 Å². The zero-order valence-electron chi connectivity index (χ0n) is 11.1. The molecule has 1 aromatic rings. The Balaban J connectivity index is 0.000000606. The van der Waals surface area contributed by atoms with Crippen LogP contribution < -0.4 is 5.32 Å². The molecular formula is C13H23N3. The van der Waals surface area contributed by atoms with Crippen LogP contribution in [0.3, 0.4) is 0 Å². The number of nitrogens with zero attached hydrogens (tertiary/aromatic N) is 2. The van der Waals surface area contributed by atoms with Gasteiger partial charge in [-0.1, -0.05) is 27.7 Å². The summed E-state index contributed by atoms with van der Waals surface area (Å²) in [6.45, 7) is 12.3. The largest absolute Gasteiger partial charge is 0.312 e. The smallest absolute Gasteiger partial charge is 0.131 e. The van der Waals surface area contributed by atoms with Gasteiger partial charge in [-0.3, -0.25) is 0 Å². The van der Waals surface area contributed by atoms with Crippen LogP contribution in [0, 0.1) is 6.92 Å². The van der Waals surface area contributed by atoms with Gasteiger partial charge in [0.1, 0.15) is 5.82 Å². The first-order valence-corrected chi connectivity index (χ1v) is 6.25.